The highest BCUT2D eigenvalue weighted by molar-refractivity contribution is 6.34. The molecule has 0 bridgehead atoms. The van der Waals surface area contributed by atoms with E-state index in [0.29, 0.717) is 22.0 Å². The standard InChI is InChI=1S/C20H18ClN5O3/c1-11-4-3-5-14(21)15(11)18(27)25-12-6-8-13(9-7-12)26-20(29)17-16(19(28)22-2)23-10-24-17/h3-10H,1-2H3,(H,22,28)(H,23,24)(H,25,27)(H,26,29). The minimum atomic E-state index is -0.534. The van der Waals surface area contributed by atoms with Gasteiger partial charge in [-0.2, -0.15) is 0 Å². The van der Waals surface area contributed by atoms with Crippen molar-refractivity contribution in [1.29, 1.82) is 0 Å². The lowest BCUT2D eigenvalue weighted by Gasteiger charge is -2.10. The van der Waals surface area contributed by atoms with Gasteiger partial charge in [-0.05, 0) is 42.8 Å². The van der Waals surface area contributed by atoms with E-state index >= 15 is 0 Å². The Morgan fingerprint density at radius 3 is 2.14 bits per heavy atom. The Morgan fingerprint density at radius 1 is 0.931 bits per heavy atom. The molecule has 0 fully saturated rings. The smallest absolute Gasteiger partial charge is 0.276 e. The van der Waals surface area contributed by atoms with Crippen LogP contribution in [0.2, 0.25) is 5.02 Å². The molecule has 0 aliphatic heterocycles. The Labute approximate surface area is 171 Å². The van der Waals surface area contributed by atoms with Crippen LogP contribution < -0.4 is 16.0 Å². The molecule has 0 unspecified atom stereocenters. The van der Waals surface area contributed by atoms with Gasteiger partial charge in [-0.15, -0.1) is 0 Å². The summed E-state index contributed by atoms with van der Waals surface area (Å²) in [5.74, 6) is -1.30. The molecule has 3 aromatic rings. The van der Waals surface area contributed by atoms with E-state index in [2.05, 4.69) is 25.9 Å². The lowest BCUT2D eigenvalue weighted by atomic mass is 10.1. The first kappa shape index (κ1) is 20.1. The lowest BCUT2D eigenvalue weighted by molar-refractivity contribution is 0.0943. The van der Waals surface area contributed by atoms with Crippen LogP contribution in [0, 0.1) is 6.92 Å². The zero-order valence-electron chi connectivity index (χ0n) is 15.7. The summed E-state index contributed by atoms with van der Waals surface area (Å²) in [4.78, 5) is 43.1. The van der Waals surface area contributed by atoms with E-state index in [1.165, 1.54) is 13.4 Å². The second-order valence-electron chi connectivity index (χ2n) is 6.12. The predicted octanol–water partition coefficient (Wildman–Crippen LogP) is 3.24. The van der Waals surface area contributed by atoms with Crippen molar-refractivity contribution in [3.8, 4) is 0 Å². The number of carbonyl (C=O) groups excluding carboxylic acids is 3. The van der Waals surface area contributed by atoms with Crippen molar-refractivity contribution in [2.75, 3.05) is 17.7 Å². The molecule has 0 saturated carbocycles. The number of rotatable bonds is 5. The van der Waals surface area contributed by atoms with Crippen molar-refractivity contribution >= 4 is 40.7 Å². The number of halogens is 1. The SMILES string of the molecule is CNC(=O)c1[nH]cnc1C(=O)Nc1ccc(NC(=O)c2c(C)cccc2Cl)cc1. The van der Waals surface area contributed by atoms with Crippen molar-refractivity contribution in [3.05, 3.63) is 76.3 Å². The maximum absolute atomic E-state index is 12.5. The van der Waals surface area contributed by atoms with E-state index < -0.39 is 11.8 Å². The summed E-state index contributed by atoms with van der Waals surface area (Å²) in [6, 6.07) is 11.8. The molecular formula is C20H18ClN5O3. The summed E-state index contributed by atoms with van der Waals surface area (Å²) < 4.78 is 0. The topological polar surface area (TPSA) is 116 Å². The molecule has 0 atom stereocenters. The highest BCUT2D eigenvalue weighted by Crippen LogP contribution is 2.22. The van der Waals surface area contributed by atoms with Gasteiger partial charge in [-0.25, -0.2) is 4.98 Å². The normalized spacial score (nSPS) is 10.3. The van der Waals surface area contributed by atoms with Crippen molar-refractivity contribution in [3.63, 3.8) is 0 Å². The van der Waals surface area contributed by atoms with Crippen molar-refractivity contribution in [1.82, 2.24) is 15.3 Å². The lowest BCUT2D eigenvalue weighted by Crippen LogP contribution is -2.23. The molecule has 0 saturated heterocycles. The van der Waals surface area contributed by atoms with Gasteiger partial charge in [0.05, 0.1) is 16.9 Å². The van der Waals surface area contributed by atoms with E-state index in [1.54, 1.807) is 36.4 Å². The summed E-state index contributed by atoms with van der Waals surface area (Å²) in [7, 11) is 1.46. The third kappa shape index (κ3) is 4.44. The number of imidazole rings is 1. The number of anilines is 2. The zero-order chi connectivity index (χ0) is 21.0. The van der Waals surface area contributed by atoms with Gasteiger partial charge in [0.15, 0.2) is 5.69 Å². The molecule has 1 aromatic heterocycles. The van der Waals surface area contributed by atoms with Crippen molar-refractivity contribution < 1.29 is 14.4 Å². The molecule has 0 aliphatic carbocycles. The van der Waals surface area contributed by atoms with Crippen LogP contribution in [0.5, 0.6) is 0 Å². The van der Waals surface area contributed by atoms with Gasteiger partial charge in [0, 0.05) is 18.4 Å². The number of benzene rings is 2. The summed E-state index contributed by atoms with van der Waals surface area (Å²) in [6.07, 6.45) is 1.27. The number of nitrogens with zero attached hydrogens (tertiary/aromatic N) is 1. The molecule has 0 spiro atoms. The maximum Gasteiger partial charge on any atom is 0.276 e. The van der Waals surface area contributed by atoms with E-state index in [0.717, 1.165) is 5.56 Å². The number of amides is 3. The molecule has 9 heteroatoms. The molecule has 1 heterocycles. The Bertz CT molecular complexity index is 1060. The first-order valence-corrected chi connectivity index (χ1v) is 9.02. The summed E-state index contributed by atoms with van der Waals surface area (Å²) >= 11 is 6.12. The fourth-order valence-electron chi connectivity index (χ4n) is 2.70. The van der Waals surface area contributed by atoms with Crippen LogP contribution in [0.3, 0.4) is 0 Å². The number of aromatic amines is 1. The number of aromatic nitrogens is 2. The van der Waals surface area contributed by atoms with Gasteiger partial charge in [0.2, 0.25) is 0 Å². The van der Waals surface area contributed by atoms with Crippen molar-refractivity contribution in [2.24, 2.45) is 0 Å². The number of H-pyrrole nitrogens is 1. The largest absolute Gasteiger partial charge is 0.354 e. The minimum absolute atomic E-state index is 0.0177. The maximum atomic E-state index is 12.5. The minimum Gasteiger partial charge on any atom is -0.354 e. The van der Waals surface area contributed by atoms with Crippen LogP contribution in [0.1, 0.15) is 36.9 Å². The van der Waals surface area contributed by atoms with Crippen LogP contribution in [-0.4, -0.2) is 34.7 Å². The fraction of sp³-hybridized carbons (Fsp3) is 0.100. The highest BCUT2D eigenvalue weighted by Gasteiger charge is 2.19. The Balaban J connectivity index is 1.69. The quantitative estimate of drug-likeness (QED) is 0.515. The van der Waals surface area contributed by atoms with E-state index in [-0.39, 0.29) is 17.3 Å². The number of carbonyl (C=O) groups is 3. The molecule has 3 rings (SSSR count). The first-order valence-electron chi connectivity index (χ1n) is 8.64. The van der Waals surface area contributed by atoms with Crippen LogP contribution in [0.25, 0.3) is 0 Å². The van der Waals surface area contributed by atoms with Gasteiger partial charge in [-0.3, -0.25) is 14.4 Å². The van der Waals surface area contributed by atoms with Gasteiger partial charge in [-0.1, -0.05) is 23.7 Å². The van der Waals surface area contributed by atoms with Crippen LogP contribution >= 0.6 is 11.6 Å². The molecule has 148 valence electrons. The summed E-state index contributed by atoms with van der Waals surface area (Å²) in [5, 5.41) is 8.24. The molecule has 0 aliphatic rings. The molecule has 0 radical (unpaired) electrons. The molecule has 8 nitrogen and oxygen atoms in total. The number of hydrogen-bond acceptors (Lipinski definition) is 4. The Morgan fingerprint density at radius 2 is 1.55 bits per heavy atom. The second kappa shape index (κ2) is 8.57. The average Bonchev–Trinajstić information content (AvgIpc) is 3.19. The Kier molecular flexibility index (Phi) is 5.94. The molecule has 29 heavy (non-hydrogen) atoms. The summed E-state index contributed by atoms with van der Waals surface area (Å²) in [5.41, 5.74) is 2.25. The number of nitrogens with one attached hydrogen (secondary N) is 4. The monoisotopic (exact) mass is 411 g/mol. The number of aryl methyl sites for hydroxylation is 1. The van der Waals surface area contributed by atoms with E-state index in [9.17, 15) is 14.4 Å². The van der Waals surface area contributed by atoms with Gasteiger partial charge < -0.3 is 20.9 Å². The van der Waals surface area contributed by atoms with Crippen LogP contribution in [0.4, 0.5) is 11.4 Å². The predicted molar refractivity (Wildman–Crippen MR) is 111 cm³/mol. The van der Waals surface area contributed by atoms with E-state index in [1.807, 2.05) is 13.0 Å². The molecular weight excluding hydrogens is 394 g/mol. The van der Waals surface area contributed by atoms with Gasteiger partial charge in [0.1, 0.15) is 5.69 Å². The zero-order valence-corrected chi connectivity index (χ0v) is 16.4. The van der Waals surface area contributed by atoms with Gasteiger partial charge >= 0.3 is 0 Å². The molecule has 4 N–H and O–H groups in total. The van der Waals surface area contributed by atoms with Gasteiger partial charge in [0.25, 0.3) is 17.7 Å². The average molecular weight is 412 g/mol. The molecule has 3 amide bonds. The highest BCUT2D eigenvalue weighted by atomic mass is 35.5. The van der Waals surface area contributed by atoms with E-state index in [4.69, 9.17) is 11.6 Å². The summed E-state index contributed by atoms with van der Waals surface area (Å²) in [6.45, 7) is 1.81. The first-order chi connectivity index (χ1) is 13.9. The fourth-order valence-corrected chi connectivity index (χ4v) is 3.01. The number of hydrogen-bond donors (Lipinski definition) is 4. The van der Waals surface area contributed by atoms with Crippen LogP contribution in [0.15, 0.2) is 48.8 Å². The third-order valence-electron chi connectivity index (χ3n) is 4.16. The van der Waals surface area contributed by atoms with Crippen LogP contribution in [-0.2, 0) is 0 Å². The van der Waals surface area contributed by atoms with Crippen molar-refractivity contribution in [2.45, 2.75) is 6.92 Å². The second-order valence-corrected chi connectivity index (χ2v) is 6.53. The molecule has 2 aromatic carbocycles. The Hall–Kier alpha value is -3.65. The third-order valence-corrected chi connectivity index (χ3v) is 4.47.